The number of para-hydroxylation sites is 1. The second kappa shape index (κ2) is 8.04. The molecule has 1 aromatic heterocycles. The standard InChI is InChI=1S/C25H26F3N3O/c1-24(2,3)18-12-10-17(11-13-18)22-21-9-6-14-30(21)15-16-31(22)23(32)29-20-8-5-4-7-19(20)25(26,27)28/h4-14,22H,15-16H2,1-3H3,(H,29,32). The van der Waals surface area contributed by atoms with Gasteiger partial charge in [0, 0.05) is 25.0 Å². The maximum atomic E-state index is 13.4. The molecule has 1 N–H and O–H groups in total. The molecule has 0 saturated heterocycles. The Hall–Kier alpha value is -3.22. The molecule has 1 atom stereocenters. The van der Waals surface area contributed by atoms with Gasteiger partial charge in [-0.15, -0.1) is 0 Å². The fourth-order valence-corrected chi connectivity index (χ4v) is 4.14. The second-order valence-corrected chi connectivity index (χ2v) is 9.07. The summed E-state index contributed by atoms with van der Waals surface area (Å²) in [5.74, 6) is 0. The van der Waals surface area contributed by atoms with E-state index in [0.29, 0.717) is 13.1 Å². The van der Waals surface area contributed by atoms with Crippen molar-refractivity contribution < 1.29 is 18.0 Å². The van der Waals surface area contributed by atoms with E-state index in [9.17, 15) is 18.0 Å². The Balaban J connectivity index is 1.68. The van der Waals surface area contributed by atoms with E-state index in [4.69, 9.17) is 0 Å². The zero-order valence-electron chi connectivity index (χ0n) is 18.3. The van der Waals surface area contributed by atoms with Crippen molar-refractivity contribution in [2.24, 2.45) is 0 Å². The lowest BCUT2D eigenvalue weighted by molar-refractivity contribution is -0.136. The number of rotatable bonds is 2. The highest BCUT2D eigenvalue weighted by Gasteiger charge is 2.36. The van der Waals surface area contributed by atoms with Crippen LogP contribution in [0.25, 0.3) is 0 Å². The van der Waals surface area contributed by atoms with Gasteiger partial charge < -0.3 is 14.8 Å². The van der Waals surface area contributed by atoms with E-state index in [-0.39, 0.29) is 11.1 Å². The molecule has 1 aliphatic heterocycles. The van der Waals surface area contributed by atoms with Gasteiger partial charge in [-0.3, -0.25) is 0 Å². The number of urea groups is 1. The number of alkyl halides is 3. The maximum absolute atomic E-state index is 13.4. The van der Waals surface area contributed by atoms with E-state index in [0.717, 1.165) is 17.3 Å². The van der Waals surface area contributed by atoms with Gasteiger partial charge in [-0.25, -0.2) is 4.79 Å². The maximum Gasteiger partial charge on any atom is 0.418 e. The summed E-state index contributed by atoms with van der Waals surface area (Å²) < 4.78 is 42.3. The van der Waals surface area contributed by atoms with E-state index < -0.39 is 23.8 Å². The van der Waals surface area contributed by atoms with E-state index in [2.05, 4.69) is 30.7 Å². The number of aromatic nitrogens is 1. The number of anilines is 1. The third-order valence-electron chi connectivity index (χ3n) is 5.87. The van der Waals surface area contributed by atoms with Gasteiger partial charge in [0.25, 0.3) is 0 Å². The second-order valence-electron chi connectivity index (χ2n) is 9.07. The molecule has 2 aromatic carbocycles. The minimum Gasteiger partial charge on any atom is -0.348 e. The number of amides is 2. The van der Waals surface area contributed by atoms with Crippen molar-refractivity contribution in [1.29, 1.82) is 0 Å². The predicted molar refractivity (Wildman–Crippen MR) is 119 cm³/mol. The van der Waals surface area contributed by atoms with Crippen LogP contribution in [0.15, 0.2) is 66.9 Å². The lowest BCUT2D eigenvalue weighted by Gasteiger charge is -2.37. The third-order valence-corrected chi connectivity index (χ3v) is 5.87. The first-order chi connectivity index (χ1) is 15.1. The summed E-state index contributed by atoms with van der Waals surface area (Å²) in [6, 6.07) is 16.1. The Bertz CT molecular complexity index is 1110. The molecule has 7 heteroatoms. The topological polar surface area (TPSA) is 37.3 Å². The quantitative estimate of drug-likeness (QED) is 0.488. The summed E-state index contributed by atoms with van der Waals surface area (Å²) in [6.45, 7) is 7.35. The molecule has 0 spiro atoms. The van der Waals surface area contributed by atoms with Gasteiger partial charge >= 0.3 is 12.2 Å². The summed E-state index contributed by atoms with van der Waals surface area (Å²) >= 11 is 0. The van der Waals surface area contributed by atoms with Gasteiger partial charge in [0.1, 0.15) is 0 Å². The Kier molecular flexibility index (Phi) is 5.53. The highest BCUT2D eigenvalue weighted by Crippen LogP contribution is 2.37. The van der Waals surface area contributed by atoms with Gasteiger partial charge in [0.05, 0.1) is 17.3 Å². The largest absolute Gasteiger partial charge is 0.418 e. The van der Waals surface area contributed by atoms with E-state index >= 15 is 0 Å². The van der Waals surface area contributed by atoms with Crippen molar-refractivity contribution in [2.75, 3.05) is 11.9 Å². The molecule has 0 bridgehead atoms. The number of halogens is 3. The van der Waals surface area contributed by atoms with Gasteiger partial charge in [-0.2, -0.15) is 13.2 Å². The lowest BCUT2D eigenvalue weighted by Crippen LogP contribution is -2.44. The number of benzene rings is 2. The molecule has 1 aliphatic rings. The monoisotopic (exact) mass is 441 g/mol. The van der Waals surface area contributed by atoms with Crippen LogP contribution in [0, 0.1) is 0 Å². The van der Waals surface area contributed by atoms with Gasteiger partial charge in [0.2, 0.25) is 0 Å². The Labute approximate surface area is 185 Å². The normalized spacial score (nSPS) is 16.6. The van der Waals surface area contributed by atoms with Gasteiger partial charge in [0.15, 0.2) is 0 Å². The molecule has 0 saturated carbocycles. The fourth-order valence-electron chi connectivity index (χ4n) is 4.14. The van der Waals surface area contributed by atoms with E-state index in [1.807, 2.05) is 42.6 Å². The molecule has 1 unspecified atom stereocenters. The molecule has 32 heavy (non-hydrogen) atoms. The number of hydrogen-bond donors (Lipinski definition) is 1. The van der Waals surface area contributed by atoms with Gasteiger partial charge in [-0.1, -0.05) is 57.2 Å². The summed E-state index contributed by atoms with van der Waals surface area (Å²) in [6.07, 6.45) is -2.59. The first-order valence-electron chi connectivity index (χ1n) is 10.5. The average Bonchev–Trinajstić information content (AvgIpc) is 3.21. The van der Waals surface area contributed by atoms with Crippen molar-refractivity contribution >= 4 is 11.7 Å². The van der Waals surface area contributed by atoms with Crippen molar-refractivity contribution in [3.05, 3.63) is 89.2 Å². The Morgan fingerprint density at radius 2 is 1.62 bits per heavy atom. The van der Waals surface area contributed by atoms with Crippen molar-refractivity contribution in [3.8, 4) is 0 Å². The molecule has 4 nitrogen and oxygen atoms in total. The van der Waals surface area contributed by atoms with Crippen molar-refractivity contribution in [1.82, 2.24) is 9.47 Å². The molecular weight excluding hydrogens is 415 g/mol. The fraction of sp³-hybridized carbons (Fsp3) is 0.320. The van der Waals surface area contributed by atoms with Crippen LogP contribution in [0.3, 0.4) is 0 Å². The minimum absolute atomic E-state index is 0.0102. The summed E-state index contributed by atoms with van der Waals surface area (Å²) in [4.78, 5) is 14.8. The van der Waals surface area contributed by atoms with Crippen LogP contribution in [0.5, 0.6) is 0 Å². The van der Waals surface area contributed by atoms with Gasteiger partial charge in [-0.05, 0) is 40.8 Å². The van der Waals surface area contributed by atoms with Crippen LogP contribution in [0.1, 0.15) is 49.2 Å². The first kappa shape index (κ1) is 22.0. The Morgan fingerprint density at radius 3 is 2.28 bits per heavy atom. The van der Waals surface area contributed by atoms with Crippen molar-refractivity contribution in [3.63, 3.8) is 0 Å². The molecule has 0 aliphatic carbocycles. The average molecular weight is 441 g/mol. The predicted octanol–water partition coefficient (Wildman–Crippen LogP) is 6.44. The summed E-state index contributed by atoms with van der Waals surface area (Å²) in [5.41, 5.74) is 1.90. The first-order valence-corrected chi connectivity index (χ1v) is 10.5. The van der Waals surface area contributed by atoms with Crippen LogP contribution in [-0.4, -0.2) is 22.0 Å². The lowest BCUT2D eigenvalue weighted by atomic mass is 9.86. The zero-order valence-corrected chi connectivity index (χ0v) is 18.3. The molecule has 4 rings (SSSR count). The van der Waals surface area contributed by atoms with Crippen LogP contribution in [0.2, 0.25) is 0 Å². The molecular formula is C25H26F3N3O. The van der Waals surface area contributed by atoms with Crippen LogP contribution >= 0.6 is 0 Å². The number of fused-ring (bicyclic) bond motifs is 1. The van der Waals surface area contributed by atoms with E-state index in [1.54, 1.807) is 4.90 Å². The molecule has 2 heterocycles. The van der Waals surface area contributed by atoms with E-state index in [1.165, 1.54) is 23.8 Å². The zero-order chi connectivity index (χ0) is 23.1. The number of hydrogen-bond acceptors (Lipinski definition) is 1. The number of nitrogens with zero attached hydrogens (tertiary/aromatic N) is 2. The van der Waals surface area contributed by atoms with Crippen molar-refractivity contribution in [2.45, 2.75) is 44.9 Å². The highest BCUT2D eigenvalue weighted by molar-refractivity contribution is 5.91. The SMILES string of the molecule is CC(C)(C)c1ccc(C2c3cccn3CCN2C(=O)Nc2ccccc2C(F)(F)F)cc1. The molecule has 3 aromatic rings. The van der Waals surface area contributed by atoms with Crippen LogP contribution in [-0.2, 0) is 18.1 Å². The molecule has 2 amide bonds. The summed E-state index contributed by atoms with van der Waals surface area (Å²) in [7, 11) is 0. The number of carbonyl (C=O) groups excluding carboxylic acids is 1. The third kappa shape index (κ3) is 4.24. The van der Waals surface area contributed by atoms with Crippen LogP contribution < -0.4 is 5.32 Å². The number of nitrogens with one attached hydrogen (secondary N) is 1. The molecule has 168 valence electrons. The number of carbonyl (C=O) groups is 1. The smallest absolute Gasteiger partial charge is 0.348 e. The minimum atomic E-state index is -4.55. The summed E-state index contributed by atoms with van der Waals surface area (Å²) in [5, 5.41) is 2.50. The molecule has 0 radical (unpaired) electrons. The Morgan fingerprint density at radius 1 is 0.938 bits per heavy atom. The highest BCUT2D eigenvalue weighted by atomic mass is 19.4. The van der Waals surface area contributed by atoms with Crippen LogP contribution in [0.4, 0.5) is 23.7 Å². The molecule has 0 fully saturated rings.